The van der Waals surface area contributed by atoms with Crippen molar-refractivity contribution in [3.8, 4) is 0 Å². The molecule has 4 rings (SSSR count). The van der Waals surface area contributed by atoms with E-state index >= 15 is 0 Å². The van der Waals surface area contributed by atoms with Crippen LogP contribution in [0, 0.1) is 34.5 Å². The van der Waals surface area contributed by atoms with Crippen LogP contribution in [0.2, 0.25) is 19.6 Å². The number of hydrogen-bond donors (Lipinski definition) is 0. The summed E-state index contributed by atoms with van der Waals surface area (Å²) < 4.78 is 6.54. The molecule has 7 atom stereocenters. The molecule has 27 heavy (non-hydrogen) atoms. The molecule has 0 aromatic rings. The van der Waals surface area contributed by atoms with Gasteiger partial charge in [0.15, 0.2) is 8.32 Å². The average Bonchev–Trinajstić information content (AvgIpc) is 2.91. The van der Waals surface area contributed by atoms with E-state index in [9.17, 15) is 0 Å². The Bertz CT molecular complexity index is 600. The van der Waals surface area contributed by atoms with Gasteiger partial charge in [-0.05, 0) is 107 Å². The van der Waals surface area contributed by atoms with Gasteiger partial charge >= 0.3 is 0 Å². The Labute approximate surface area is 167 Å². The van der Waals surface area contributed by atoms with Gasteiger partial charge in [-0.1, -0.05) is 19.0 Å². The lowest BCUT2D eigenvalue weighted by Crippen LogP contribution is -2.54. The van der Waals surface area contributed by atoms with Crippen LogP contribution in [0.25, 0.3) is 0 Å². The molecule has 4 aliphatic carbocycles. The second-order valence-corrected chi connectivity index (χ2v) is 16.0. The fraction of sp³-hybridized carbons (Fsp3) is 0.957. The van der Waals surface area contributed by atoms with Gasteiger partial charge < -0.3 is 9.26 Å². The first-order chi connectivity index (χ1) is 12.7. The standard InChI is InChI=1S/C23H41NO2Si/c1-22-13-11-17(26-27(4,5)6)15-16(22)7-8-18-19-9-10-21(24-25-3)23(19,2)14-12-20(18)22/h16-20H,7-15H2,1-6H3/b24-21+/t16-,17-,18?,19?,20?,22+,23+/m1/s1. The maximum atomic E-state index is 6.54. The monoisotopic (exact) mass is 391 g/mol. The van der Waals surface area contributed by atoms with Crippen molar-refractivity contribution in [1.29, 1.82) is 0 Å². The van der Waals surface area contributed by atoms with Crippen LogP contribution in [0.1, 0.15) is 71.6 Å². The quantitative estimate of drug-likeness (QED) is 0.420. The Morgan fingerprint density at radius 1 is 0.963 bits per heavy atom. The van der Waals surface area contributed by atoms with E-state index in [0.29, 0.717) is 16.9 Å². The molecule has 0 aromatic carbocycles. The molecule has 0 radical (unpaired) electrons. The first kappa shape index (κ1) is 19.9. The van der Waals surface area contributed by atoms with Crippen molar-refractivity contribution in [2.45, 2.75) is 97.4 Å². The van der Waals surface area contributed by atoms with Gasteiger partial charge in [-0.3, -0.25) is 0 Å². The predicted molar refractivity (Wildman–Crippen MR) is 114 cm³/mol. The molecule has 4 heteroatoms. The third-order valence-electron chi connectivity index (χ3n) is 9.08. The van der Waals surface area contributed by atoms with Crippen LogP contribution in [0.15, 0.2) is 5.16 Å². The van der Waals surface area contributed by atoms with Crippen LogP contribution in [-0.2, 0) is 9.26 Å². The van der Waals surface area contributed by atoms with Crippen LogP contribution < -0.4 is 0 Å². The van der Waals surface area contributed by atoms with Crippen molar-refractivity contribution in [2.75, 3.05) is 7.11 Å². The van der Waals surface area contributed by atoms with Gasteiger partial charge in [-0.15, -0.1) is 0 Å². The van der Waals surface area contributed by atoms with Gasteiger partial charge in [-0.2, -0.15) is 0 Å². The van der Waals surface area contributed by atoms with E-state index < -0.39 is 8.32 Å². The minimum atomic E-state index is -1.43. The summed E-state index contributed by atoms with van der Waals surface area (Å²) in [5.41, 5.74) is 2.21. The third-order valence-corrected chi connectivity index (χ3v) is 10.1. The summed E-state index contributed by atoms with van der Waals surface area (Å²) in [6.45, 7) is 12.2. The van der Waals surface area contributed by atoms with Crippen molar-refractivity contribution >= 4 is 14.0 Å². The normalized spacial score (nSPS) is 48.7. The van der Waals surface area contributed by atoms with Crippen LogP contribution >= 0.6 is 0 Å². The van der Waals surface area contributed by atoms with Gasteiger partial charge in [0, 0.05) is 11.5 Å². The number of nitrogens with zero attached hydrogens (tertiary/aromatic N) is 1. The first-order valence-corrected chi connectivity index (χ1v) is 14.9. The Morgan fingerprint density at radius 3 is 2.44 bits per heavy atom. The van der Waals surface area contributed by atoms with Crippen LogP contribution in [0.5, 0.6) is 0 Å². The molecule has 0 bridgehead atoms. The van der Waals surface area contributed by atoms with Gasteiger partial charge in [-0.25, -0.2) is 0 Å². The molecule has 4 saturated carbocycles. The zero-order valence-electron chi connectivity index (χ0n) is 18.5. The van der Waals surface area contributed by atoms with E-state index in [1.54, 1.807) is 7.11 Å². The van der Waals surface area contributed by atoms with Crippen LogP contribution in [-0.4, -0.2) is 27.2 Å². The summed E-state index contributed by atoms with van der Waals surface area (Å²) in [7, 11) is 0.283. The van der Waals surface area contributed by atoms with Crippen LogP contribution in [0.4, 0.5) is 0 Å². The molecule has 0 aliphatic heterocycles. The highest BCUT2D eigenvalue weighted by Gasteiger charge is 2.59. The van der Waals surface area contributed by atoms with Crippen molar-refractivity contribution in [1.82, 2.24) is 0 Å². The highest BCUT2D eigenvalue weighted by Crippen LogP contribution is 2.65. The lowest BCUT2D eigenvalue weighted by Gasteiger charge is -2.60. The first-order valence-electron chi connectivity index (χ1n) is 11.5. The lowest BCUT2D eigenvalue weighted by molar-refractivity contribution is -0.111. The minimum absolute atomic E-state index is 0.304. The van der Waals surface area contributed by atoms with E-state index in [4.69, 9.17) is 9.26 Å². The molecule has 0 aromatic heterocycles. The van der Waals surface area contributed by atoms with Crippen molar-refractivity contribution in [2.24, 2.45) is 39.7 Å². The van der Waals surface area contributed by atoms with E-state index in [-0.39, 0.29) is 0 Å². The molecular formula is C23H41NO2Si. The summed E-state index contributed by atoms with van der Waals surface area (Å²) in [6.07, 6.45) is 12.6. The molecule has 0 spiro atoms. The van der Waals surface area contributed by atoms with Gasteiger partial charge in [0.25, 0.3) is 0 Å². The predicted octanol–water partition coefficient (Wildman–Crippen LogP) is 6.25. The van der Waals surface area contributed by atoms with Gasteiger partial charge in [0.1, 0.15) is 7.11 Å². The summed E-state index contributed by atoms with van der Waals surface area (Å²) in [5, 5.41) is 4.46. The highest BCUT2D eigenvalue weighted by atomic mass is 28.4. The Morgan fingerprint density at radius 2 is 1.74 bits per heavy atom. The van der Waals surface area contributed by atoms with E-state index in [1.807, 2.05) is 0 Å². The largest absolute Gasteiger partial charge is 0.415 e. The molecule has 0 saturated heterocycles. The van der Waals surface area contributed by atoms with Gasteiger partial charge in [0.05, 0.1) is 5.71 Å². The van der Waals surface area contributed by atoms with Gasteiger partial charge in [0.2, 0.25) is 0 Å². The number of fused-ring (bicyclic) bond motifs is 5. The van der Waals surface area contributed by atoms with Crippen molar-refractivity contribution in [3.05, 3.63) is 0 Å². The van der Waals surface area contributed by atoms with Crippen LogP contribution in [0.3, 0.4) is 0 Å². The summed E-state index contributed by atoms with van der Waals surface area (Å²) in [4.78, 5) is 5.21. The minimum Gasteiger partial charge on any atom is -0.415 e. The van der Waals surface area contributed by atoms with E-state index in [0.717, 1.165) is 30.1 Å². The molecule has 154 valence electrons. The summed E-state index contributed by atoms with van der Waals surface area (Å²) in [5.74, 6) is 3.54. The molecule has 4 aliphatic rings. The lowest BCUT2D eigenvalue weighted by atomic mass is 9.45. The number of hydrogen-bond acceptors (Lipinski definition) is 3. The van der Waals surface area contributed by atoms with E-state index in [1.165, 1.54) is 57.1 Å². The zero-order chi connectivity index (χ0) is 19.4. The topological polar surface area (TPSA) is 30.8 Å². The van der Waals surface area contributed by atoms with Crippen molar-refractivity contribution in [3.63, 3.8) is 0 Å². The molecular weight excluding hydrogens is 350 g/mol. The Kier molecular flexibility index (Phi) is 5.07. The number of rotatable bonds is 3. The maximum Gasteiger partial charge on any atom is 0.184 e. The molecule has 3 unspecified atom stereocenters. The molecule has 0 N–H and O–H groups in total. The van der Waals surface area contributed by atoms with E-state index in [2.05, 4.69) is 38.6 Å². The zero-order valence-corrected chi connectivity index (χ0v) is 19.5. The number of oxime groups is 1. The Balaban J connectivity index is 1.52. The molecule has 4 fully saturated rings. The third kappa shape index (κ3) is 3.33. The molecule has 3 nitrogen and oxygen atoms in total. The maximum absolute atomic E-state index is 6.54. The second kappa shape index (κ2) is 6.86. The van der Waals surface area contributed by atoms with Crippen molar-refractivity contribution < 1.29 is 9.26 Å². The molecule has 0 heterocycles. The summed E-state index contributed by atoms with van der Waals surface area (Å²) >= 11 is 0. The fourth-order valence-corrected chi connectivity index (χ4v) is 9.09. The fourth-order valence-electron chi connectivity index (χ4n) is 7.87. The Hall–Kier alpha value is -0.353. The average molecular weight is 392 g/mol. The smallest absolute Gasteiger partial charge is 0.184 e. The second-order valence-electron chi connectivity index (χ2n) is 11.5. The SMILES string of the molecule is CO/N=C1\CCC2C3CC[C@@H]4C[C@H](O[Si](C)(C)C)CC[C@]4(C)C3CC[C@]12C. The molecule has 0 amide bonds. The highest BCUT2D eigenvalue weighted by molar-refractivity contribution is 6.69. The summed E-state index contributed by atoms with van der Waals surface area (Å²) in [6, 6.07) is 0.